The van der Waals surface area contributed by atoms with Gasteiger partial charge in [-0.1, -0.05) is 30.1 Å². The van der Waals surface area contributed by atoms with Gasteiger partial charge in [-0.2, -0.15) is 0 Å². The first-order valence-electron chi connectivity index (χ1n) is 5.85. The Morgan fingerprint density at radius 1 is 1.44 bits per heavy atom. The quantitative estimate of drug-likeness (QED) is 0.896. The highest BCUT2D eigenvalue weighted by atomic mass is 35.5. The van der Waals surface area contributed by atoms with Gasteiger partial charge >= 0.3 is 5.97 Å². The predicted octanol–water partition coefficient (Wildman–Crippen LogP) is 3.97. The maximum absolute atomic E-state index is 11.2. The van der Waals surface area contributed by atoms with Crippen LogP contribution in [0.15, 0.2) is 12.1 Å². The van der Waals surface area contributed by atoms with Gasteiger partial charge < -0.3 is 9.84 Å². The second-order valence-electron chi connectivity index (χ2n) is 4.53. The van der Waals surface area contributed by atoms with Crippen LogP contribution in [-0.2, 0) is 4.79 Å². The van der Waals surface area contributed by atoms with Crippen LogP contribution in [0.2, 0.25) is 10.0 Å². The molecule has 1 aromatic carbocycles. The number of carboxylic acid groups (broad SMARTS) is 1. The molecule has 0 spiro atoms. The van der Waals surface area contributed by atoms with Crippen LogP contribution in [0, 0.1) is 5.92 Å². The molecule has 1 aromatic rings. The monoisotopic (exact) mass is 288 g/mol. The lowest BCUT2D eigenvalue weighted by molar-refractivity contribution is -0.141. The number of halogens is 2. The van der Waals surface area contributed by atoms with Crippen molar-refractivity contribution >= 4 is 29.2 Å². The number of ether oxygens (including phenoxy) is 1. The molecule has 0 bridgehead atoms. The molecule has 1 aliphatic rings. The summed E-state index contributed by atoms with van der Waals surface area (Å²) in [4.78, 5) is 11.2. The molecule has 18 heavy (non-hydrogen) atoms. The zero-order valence-electron chi connectivity index (χ0n) is 9.95. The van der Waals surface area contributed by atoms with E-state index in [0.717, 1.165) is 18.4 Å². The van der Waals surface area contributed by atoms with Crippen LogP contribution < -0.4 is 4.74 Å². The van der Waals surface area contributed by atoms with E-state index in [0.29, 0.717) is 22.4 Å². The van der Waals surface area contributed by atoms with E-state index in [1.165, 1.54) is 0 Å². The second kappa shape index (κ2) is 5.37. The van der Waals surface area contributed by atoms with Crippen molar-refractivity contribution in [2.75, 3.05) is 6.61 Å². The maximum Gasteiger partial charge on any atom is 0.306 e. The summed E-state index contributed by atoms with van der Waals surface area (Å²) in [5, 5.41) is 10.0. The first-order chi connectivity index (χ1) is 8.50. The third-order valence-corrected chi connectivity index (χ3v) is 4.08. The van der Waals surface area contributed by atoms with Crippen molar-refractivity contribution < 1.29 is 14.6 Å². The van der Waals surface area contributed by atoms with Crippen molar-refractivity contribution in [2.45, 2.75) is 25.7 Å². The molecule has 0 amide bonds. The van der Waals surface area contributed by atoms with Crippen molar-refractivity contribution in [3.63, 3.8) is 0 Å². The molecule has 0 saturated carbocycles. The van der Waals surface area contributed by atoms with Crippen molar-refractivity contribution in [1.82, 2.24) is 0 Å². The minimum atomic E-state index is -0.807. The molecule has 98 valence electrons. The van der Waals surface area contributed by atoms with Crippen LogP contribution >= 0.6 is 23.2 Å². The lowest BCUT2D eigenvalue weighted by Crippen LogP contribution is -2.18. The summed E-state index contributed by atoms with van der Waals surface area (Å²) < 4.78 is 5.61. The highest BCUT2D eigenvalue weighted by Gasteiger charge is 2.29. The average molecular weight is 289 g/mol. The normalized spacial score (nSPS) is 20.5. The van der Waals surface area contributed by atoms with Gasteiger partial charge in [-0.05, 0) is 24.5 Å². The van der Waals surface area contributed by atoms with Crippen molar-refractivity contribution in [2.24, 2.45) is 5.92 Å². The number of rotatable bonds is 2. The van der Waals surface area contributed by atoms with E-state index in [1.54, 1.807) is 19.1 Å². The highest BCUT2D eigenvalue weighted by Crippen LogP contribution is 2.41. The van der Waals surface area contributed by atoms with Gasteiger partial charge in [0.25, 0.3) is 0 Å². The Kier molecular flexibility index (Phi) is 4.03. The Balaban J connectivity index is 2.46. The first-order valence-corrected chi connectivity index (χ1v) is 6.61. The summed E-state index contributed by atoms with van der Waals surface area (Å²) in [6.45, 7) is 2.29. The number of benzene rings is 1. The van der Waals surface area contributed by atoms with E-state index in [9.17, 15) is 9.90 Å². The van der Waals surface area contributed by atoms with Crippen LogP contribution in [-0.4, -0.2) is 17.7 Å². The third-order valence-electron chi connectivity index (χ3n) is 3.36. The third kappa shape index (κ3) is 2.57. The smallest absolute Gasteiger partial charge is 0.306 e. The predicted molar refractivity (Wildman–Crippen MR) is 70.7 cm³/mol. The van der Waals surface area contributed by atoms with Crippen molar-refractivity contribution in [3.05, 3.63) is 27.7 Å². The van der Waals surface area contributed by atoms with Gasteiger partial charge in [0.05, 0.1) is 22.6 Å². The molecule has 3 nitrogen and oxygen atoms in total. The molecular formula is C13H14Cl2O3. The Bertz CT molecular complexity index is 474. The van der Waals surface area contributed by atoms with Gasteiger partial charge in [0.15, 0.2) is 0 Å². The molecule has 0 fully saturated rings. The summed E-state index contributed by atoms with van der Waals surface area (Å²) >= 11 is 12.0. The van der Waals surface area contributed by atoms with Gasteiger partial charge in [0, 0.05) is 12.0 Å². The van der Waals surface area contributed by atoms with Crippen LogP contribution in [0.4, 0.5) is 0 Å². The minimum Gasteiger partial charge on any atom is -0.493 e. The number of carbonyl (C=O) groups is 1. The van der Waals surface area contributed by atoms with Gasteiger partial charge in [0.2, 0.25) is 0 Å². The Morgan fingerprint density at radius 2 is 2.11 bits per heavy atom. The van der Waals surface area contributed by atoms with E-state index in [-0.39, 0.29) is 5.92 Å². The fourth-order valence-corrected chi connectivity index (χ4v) is 2.62. The van der Waals surface area contributed by atoms with Gasteiger partial charge in [-0.3, -0.25) is 4.79 Å². The lowest BCUT2D eigenvalue weighted by Gasteiger charge is -2.21. The van der Waals surface area contributed by atoms with Gasteiger partial charge in [-0.15, -0.1) is 0 Å². The Labute approximate surface area is 116 Å². The van der Waals surface area contributed by atoms with E-state index in [4.69, 9.17) is 27.9 Å². The molecule has 5 heteroatoms. The number of hydrogen-bond donors (Lipinski definition) is 1. The average Bonchev–Trinajstić information content (AvgIpc) is 2.51. The summed E-state index contributed by atoms with van der Waals surface area (Å²) in [6.07, 6.45) is 1.60. The molecule has 2 unspecified atom stereocenters. The molecule has 1 heterocycles. The van der Waals surface area contributed by atoms with Crippen molar-refractivity contribution in [3.8, 4) is 5.75 Å². The SMILES string of the molecule is CC(C(=O)O)C1CCCOc2cc(Cl)c(Cl)cc21. The lowest BCUT2D eigenvalue weighted by atomic mass is 9.84. The molecule has 1 aliphatic heterocycles. The molecule has 0 radical (unpaired) electrons. The fraction of sp³-hybridized carbons (Fsp3) is 0.462. The largest absolute Gasteiger partial charge is 0.493 e. The minimum absolute atomic E-state index is 0.0882. The van der Waals surface area contributed by atoms with Crippen LogP contribution in [0.5, 0.6) is 5.75 Å². The zero-order valence-corrected chi connectivity index (χ0v) is 11.5. The Morgan fingerprint density at radius 3 is 2.78 bits per heavy atom. The van der Waals surface area contributed by atoms with Crippen LogP contribution in [0.1, 0.15) is 31.2 Å². The second-order valence-corrected chi connectivity index (χ2v) is 5.34. The number of aliphatic carboxylic acids is 1. The summed E-state index contributed by atoms with van der Waals surface area (Å²) in [6, 6.07) is 3.40. The van der Waals surface area contributed by atoms with E-state index < -0.39 is 11.9 Å². The standard InChI is InChI=1S/C13H14Cl2O3/c1-7(13(16)17)8-3-2-4-18-12-6-11(15)10(14)5-9(8)12/h5-8H,2-4H2,1H3,(H,16,17). The molecular weight excluding hydrogens is 275 g/mol. The van der Waals surface area contributed by atoms with Crippen molar-refractivity contribution in [1.29, 1.82) is 0 Å². The number of hydrogen-bond acceptors (Lipinski definition) is 2. The number of carboxylic acids is 1. The summed E-state index contributed by atoms with van der Waals surface area (Å²) in [7, 11) is 0. The van der Waals surface area contributed by atoms with E-state index >= 15 is 0 Å². The van der Waals surface area contributed by atoms with Gasteiger partial charge in [0.1, 0.15) is 5.75 Å². The maximum atomic E-state index is 11.2. The molecule has 2 rings (SSSR count). The summed E-state index contributed by atoms with van der Waals surface area (Å²) in [5.74, 6) is -0.712. The topological polar surface area (TPSA) is 46.5 Å². The molecule has 0 aliphatic carbocycles. The highest BCUT2D eigenvalue weighted by molar-refractivity contribution is 6.42. The fourth-order valence-electron chi connectivity index (χ4n) is 2.29. The van der Waals surface area contributed by atoms with Gasteiger partial charge in [-0.25, -0.2) is 0 Å². The van der Waals surface area contributed by atoms with E-state index in [2.05, 4.69) is 0 Å². The summed E-state index contributed by atoms with van der Waals surface area (Å²) in [5.41, 5.74) is 0.844. The molecule has 2 atom stereocenters. The number of fused-ring (bicyclic) bond motifs is 1. The van der Waals surface area contributed by atoms with Crippen LogP contribution in [0.25, 0.3) is 0 Å². The van der Waals surface area contributed by atoms with Crippen LogP contribution in [0.3, 0.4) is 0 Å². The molecule has 0 saturated heterocycles. The Hall–Kier alpha value is -0.930. The zero-order chi connectivity index (χ0) is 13.3. The first kappa shape index (κ1) is 13.5. The molecule has 0 aromatic heterocycles. The van der Waals surface area contributed by atoms with E-state index in [1.807, 2.05) is 0 Å². The molecule has 1 N–H and O–H groups in total.